The number of hydrogen-bond donors (Lipinski definition) is 1. The second-order valence-corrected chi connectivity index (χ2v) is 3.47. The summed E-state index contributed by atoms with van der Waals surface area (Å²) in [7, 11) is 0. The van der Waals surface area contributed by atoms with Gasteiger partial charge in [0.25, 0.3) is 0 Å². The van der Waals surface area contributed by atoms with Gasteiger partial charge in [-0.15, -0.1) is 0 Å². The molecule has 2 rings (SSSR count). The molecule has 0 amide bonds. The predicted molar refractivity (Wildman–Crippen MR) is 59.0 cm³/mol. The van der Waals surface area contributed by atoms with Gasteiger partial charge in [0.15, 0.2) is 0 Å². The normalized spacial score (nSPS) is 10.0. The van der Waals surface area contributed by atoms with Crippen molar-refractivity contribution in [3.63, 3.8) is 0 Å². The van der Waals surface area contributed by atoms with Gasteiger partial charge < -0.3 is 14.4 Å². The van der Waals surface area contributed by atoms with E-state index in [-0.39, 0.29) is 17.9 Å². The molecule has 1 heterocycles. The molecule has 6 nitrogen and oxygen atoms in total. The summed E-state index contributed by atoms with van der Waals surface area (Å²) in [6.45, 7) is 0. The summed E-state index contributed by atoms with van der Waals surface area (Å²) in [5.41, 5.74) is 0.364. The minimum absolute atomic E-state index is 0.0451. The number of aromatic hydroxyl groups is 1. The average Bonchev–Trinajstić information content (AvgIpc) is 2.85. The Balaban J connectivity index is 1.95. The molecule has 0 bridgehead atoms. The number of Topliss-reactive ketones (excluding diaryl/α,β-unsaturated/α-hetero) is 1. The van der Waals surface area contributed by atoms with Crippen LogP contribution in [-0.2, 0) is 16.0 Å². The number of nitrogens with zero attached hydrogens (tertiary/aromatic N) is 1. The molecule has 0 saturated heterocycles. The van der Waals surface area contributed by atoms with Gasteiger partial charge in [0.2, 0.25) is 5.78 Å². The molecule has 0 radical (unpaired) electrons. The van der Waals surface area contributed by atoms with Crippen molar-refractivity contribution in [1.29, 1.82) is 0 Å². The van der Waals surface area contributed by atoms with E-state index in [2.05, 4.69) is 9.68 Å². The maximum Gasteiger partial charge on any atom is 0.380 e. The fourth-order valence-corrected chi connectivity index (χ4v) is 1.24. The van der Waals surface area contributed by atoms with Gasteiger partial charge in [-0.3, -0.25) is 4.79 Å². The maximum atomic E-state index is 11.5. The number of esters is 1. The molecule has 0 aliphatic carbocycles. The lowest BCUT2D eigenvalue weighted by Crippen LogP contribution is -2.22. The van der Waals surface area contributed by atoms with Crippen LogP contribution in [0.3, 0.4) is 0 Å². The van der Waals surface area contributed by atoms with Crippen LogP contribution in [0.2, 0.25) is 0 Å². The summed E-state index contributed by atoms with van der Waals surface area (Å²) in [5.74, 6) is -1.48. The maximum absolute atomic E-state index is 11.5. The highest BCUT2D eigenvalue weighted by Gasteiger charge is 2.18. The van der Waals surface area contributed by atoms with E-state index in [1.54, 1.807) is 0 Å². The van der Waals surface area contributed by atoms with Crippen LogP contribution in [-0.4, -0.2) is 22.0 Å². The lowest BCUT2D eigenvalue weighted by molar-refractivity contribution is -0.146. The van der Waals surface area contributed by atoms with Crippen molar-refractivity contribution in [1.82, 2.24) is 5.16 Å². The quantitative estimate of drug-likeness (QED) is 0.494. The van der Waals surface area contributed by atoms with Crippen molar-refractivity contribution in [2.45, 2.75) is 6.42 Å². The molecular formula is C12H9NO5. The van der Waals surface area contributed by atoms with Crippen molar-refractivity contribution < 1.29 is 24.0 Å². The summed E-state index contributed by atoms with van der Waals surface area (Å²) in [5, 5.41) is 12.6. The number of ketones is 1. The van der Waals surface area contributed by atoms with Crippen molar-refractivity contribution in [3.05, 3.63) is 42.3 Å². The topological polar surface area (TPSA) is 89.6 Å². The zero-order valence-corrected chi connectivity index (χ0v) is 9.20. The number of benzene rings is 1. The summed E-state index contributed by atoms with van der Waals surface area (Å²) in [4.78, 5) is 22.9. The van der Waals surface area contributed by atoms with Gasteiger partial charge >= 0.3 is 5.97 Å². The van der Waals surface area contributed by atoms with E-state index >= 15 is 0 Å². The molecule has 6 heteroatoms. The molecule has 1 aromatic heterocycles. The third kappa shape index (κ3) is 2.94. The molecule has 0 spiro atoms. The highest BCUT2D eigenvalue weighted by Crippen LogP contribution is 2.16. The van der Waals surface area contributed by atoms with Gasteiger partial charge in [0.1, 0.15) is 17.8 Å². The third-order valence-electron chi connectivity index (χ3n) is 2.11. The molecule has 18 heavy (non-hydrogen) atoms. The molecule has 92 valence electrons. The number of rotatable bonds is 4. The Hall–Kier alpha value is -2.63. The minimum Gasteiger partial charge on any atom is -0.508 e. The largest absolute Gasteiger partial charge is 0.508 e. The van der Waals surface area contributed by atoms with Crippen LogP contribution < -0.4 is 4.74 Å². The van der Waals surface area contributed by atoms with E-state index in [1.807, 2.05) is 0 Å². The Labute approximate surface area is 102 Å². The number of carbonyl (C=O) groups is 2. The van der Waals surface area contributed by atoms with Crippen LogP contribution in [0.25, 0.3) is 0 Å². The first-order valence-corrected chi connectivity index (χ1v) is 5.08. The first-order chi connectivity index (χ1) is 8.65. The van der Waals surface area contributed by atoms with Gasteiger partial charge in [0.05, 0.1) is 12.1 Å². The van der Waals surface area contributed by atoms with E-state index in [0.717, 1.165) is 0 Å². The van der Waals surface area contributed by atoms with Crippen LogP contribution in [0.5, 0.6) is 11.5 Å². The number of phenols is 1. The fraction of sp³-hybridized carbons (Fsp3) is 0.0833. The molecule has 0 unspecified atom stereocenters. The number of aromatic nitrogens is 1. The van der Waals surface area contributed by atoms with Crippen LogP contribution >= 0.6 is 0 Å². The van der Waals surface area contributed by atoms with Crippen LogP contribution in [0.4, 0.5) is 0 Å². The molecule has 2 aromatic rings. The molecule has 0 aliphatic rings. The van der Waals surface area contributed by atoms with Crippen LogP contribution in [0, 0.1) is 0 Å². The molecule has 1 N–H and O–H groups in total. The van der Waals surface area contributed by atoms with E-state index in [9.17, 15) is 9.59 Å². The summed E-state index contributed by atoms with van der Waals surface area (Å²) >= 11 is 0. The molecule has 1 aromatic carbocycles. The zero-order valence-electron chi connectivity index (χ0n) is 9.20. The number of phenolic OH excluding ortho intramolecular Hbond substituents is 1. The second kappa shape index (κ2) is 5.13. The van der Waals surface area contributed by atoms with E-state index in [0.29, 0.717) is 5.69 Å². The first-order valence-electron chi connectivity index (χ1n) is 5.08. The standard InChI is InChI=1S/C12H9NO5/c14-9-1-3-10(4-2-9)18-12(16)11(15)7-8-5-6-17-13-8/h1-6,14H,7H2. The highest BCUT2D eigenvalue weighted by atomic mass is 16.5. The number of carbonyl (C=O) groups excluding carboxylic acids is 2. The molecular weight excluding hydrogens is 238 g/mol. The average molecular weight is 247 g/mol. The minimum atomic E-state index is -0.983. The number of hydrogen-bond acceptors (Lipinski definition) is 6. The van der Waals surface area contributed by atoms with Gasteiger partial charge in [0, 0.05) is 6.07 Å². The van der Waals surface area contributed by atoms with Crippen molar-refractivity contribution >= 4 is 11.8 Å². The van der Waals surface area contributed by atoms with Gasteiger partial charge in [-0.2, -0.15) is 0 Å². The van der Waals surface area contributed by atoms with Crippen molar-refractivity contribution in [3.8, 4) is 11.5 Å². The Morgan fingerprint density at radius 1 is 1.22 bits per heavy atom. The van der Waals surface area contributed by atoms with Gasteiger partial charge in [-0.25, -0.2) is 4.79 Å². The number of ether oxygens (including phenoxy) is 1. The first kappa shape index (κ1) is 11.8. The van der Waals surface area contributed by atoms with Crippen molar-refractivity contribution in [2.75, 3.05) is 0 Å². The highest BCUT2D eigenvalue weighted by molar-refractivity contribution is 6.34. The lowest BCUT2D eigenvalue weighted by atomic mass is 10.2. The summed E-state index contributed by atoms with van der Waals surface area (Å²) in [6, 6.07) is 6.97. The Kier molecular flexibility index (Phi) is 3.38. The summed E-state index contributed by atoms with van der Waals surface area (Å²) < 4.78 is 9.37. The molecule has 0 atom stereocenters. The SMILES string of the molecule is O=C(Cc1ccon1)C(=O)Oc1ccc(O)cc1. The van der Waals surface area contributed by atoms with E-state index in [1.165, 1.54) is 36.6 Å². The zero-order chi connectivity index (χ0) is 13.0. The third-order valence-corrected chi connectivity index (χ3v) is 2.11. The second-order valence-electron chi connectivity index (χ2n) is 3.47. The van der Waals surface area contributed by atoms with Crippen LogP contribution in [0.1, 0.15) is 5.69 Å². The Morgan fingerprint density at radius 3 is 2.56 bits per heavy atom. The Bertz CT molecular complexity index is 544. The molecule has 0 fully saturated rings. The lowest BCUT2D eigenvalue weighted by Gasteiger charge is -2.02. The molecule has 0 saturated carbocycles. The Morgan fingerprint density at radius 2 is 1.94 bits per heavy atom. The smallest absolute Gasteiger partial charge is 0.380 e. The van der Waals surface area contributed by atoms with Gasteiger partial charge in [-0.05, 0) is 24.3 Å². The van der Waals surface area contributed by atoms with E-state index < -0.39 is 11.8 Å². The van der Waals surface area contributed by atoms with E-state index in [4.69, 9.17) is 9.84 Å². The van der Waals surface area contributed by atoms with Gasteiger partial charge in [-0.1, -0.05) is 5.16 Å². The van der Waals surface area contributed by atoms with Crippen molar-refractivity contribution in [2.24, 2.45) is 0 Å². The molecule has 0 aliphatic heterocycles. The fourth-order valence-electron chi connectivity index (χ4n) is 1.24. The van der Waals surface area contributed by atoms with Crippen LogP contribution in [0.15, 0.2) is 41.1 Å². The monoisotopic (exact) mass is 247 g/mol. The summed E-state index contributed by atoms with van der Waals surface area (Å²) in [6.07, 6.45) is 1.14. The predicted octanol–water partition coefficient (Wildman–Crippen LogP) is 1.10.